The maximum absolute atomic E-state index is 6.77. The molecular formula is C25H31Cl4N5S. The first-order chi connectivity index (χ1) is 15.6. The summed E-state index contributed by atoms with van der Waals surface area (Å²) in [6.07, 6.45) is 1.84. The number of rotatable bonds is 10. The molecule has 0 aliphatic carbocycles. The second-order valence-electron chi connectivity index (χ2n) is 7.71. The fraction of sp³-hybridized carbons (Fsp3) is 0.280. The third kappa shape index (κ3) is 8.45. The van der Waals surface area contributed by atoms with Gasteiger partial charge < -0.3 is 9.88 Å². The van der Waals surface area contributed by atoms with Gasteiger partial charge in [-0.3, -0.25) is 9.88 Å². The molecule has 5 nitrogen and oxygen atoms in total. The van der Waals surface area contributed by atoms with Crippen LogP contribution >= 0.6 is 60.6 Å². The molecule has 0 aliphatic heterocycles. The lowest BCUT2D eigenvalue weighted by Gasteiger charge is -2.26. The summed E-state index contributed by atoms with van der Waals surface area (Å²) in [5.74, 6) is 0.662. The molecule has 0 aliphatic rings. The molecule has 0 bridgehead atoms. The summed E-state index contributed by atoms with van der Waals surface area (Å²) < 4.78 is 0. The van der Waals surface area contributed by atoms with Crippen molar-refractivity contribution in [2.45, 2.75) is 24.4 Å². The number of benzene rings is 2. The summed E-state index contributed by atoms with van der Waals surface area (Å²) in [6.45, 7) is 6.01. The molecule has 4 aromatic rings. The zero-order chi connectivity index (χ0) is 22.3. The van der Waals surface area contributed by atoms with Crippen LogP contribution in [0.15, 0.2) is 72.0 Å². The Kier molecular flexibility index (Phi) is 13.8. The zero-order valence-corrected chi connectivity index (χ0v) is 23.7. The zero-order valence-electron chi connectivity index (χ0n) is 19.7. The van der Waals surface area contributed by atoms with E-state index in [-0.39, 0.29) is 37.2 Å². The number of aromatic nitrogens is 3. The number of para-hydroxylation sites is 2. The minimum Gasteiger partial charge on any atom is -0.372 e. The lowest BCUT2D eigenvalue weighted by atomic mass is 10.2. The molecule has 2 aromatic carbocycles. The van der Waals surface area contributed by atoms with Crippen molar-refractivity contribution >= 4 is 77.3 Å². The highest BCUT2D eigenvalue weighted by molar-refractivity contribution is 7.98. The first-order valence-corrected chi connectivity index (χ1v) is 12.2. The van der Waals surface area contributed by atoms with E-state index in [4.69, 9.17) is 11.6 Å². The van der Waals surface area contributed by atoms with Crippen LogP contribution in [0.1, 0.15) is 18.2 Å². The number of nitrogens with one attached hydrogen (secondary N) is 1. The molecule has 4 rings (SSSR count). The number of likely N-dealkylation sites (N-methyl/N-ethyl adjacent to an activating group) is 2. The van der Waals surface area contributed by atoms with Gasteiger partial charge >= 0.3 is 0 Å². The van der Waals surface area contributed by atoms with E-state index >= 15 is 0 Å². The number of imidazole rings is 1. The molecule has 1 N–H and O–H groups in total. The van der Waals surface area contributed by atoms with E-state index in [2.05, 4.69) is 69.1 Å². The Labute approximate surface area is 235 Å². The first kappa shape index (κ1) is 31.4. The quantitative estimate of drug-likeness (QED) is 0.204. The van der Waals surface area contributed by atoms with Crippen LogP contribution in [-0.2, 0) is 12.3 Å². The van der Waals surface area contributed by atoms with Crippen molar-refractivity contribution < 1.29 is 0 Å². The number of anilines is 1. The fourth-order valence-electron chi connectivity index (χ4n) is 3.61. The Morgan fingerprint density at radius 3 is 2.37 bits per heavy atom. The monoisotopic (exact) mass is 573 g/mol. The highest BCUT2D eigenvalue weighted by Gasteiger charge is 2.14. The second kappa shape index (κ2) is 15.4. The van der Waals surface area contributed by atoms with E-state index in [0.717, 1.165) is 53.8 Å². The minimum atomic E-state index is 0. The number of fused-ring (bicyclic) bond motifs is 1. The van der Waals surface area contributed by atoms with Crippen LogP contribution in [0.4, 0.5) is 5.69 Å². The van der Waals surface area contributed by atoms with Gasteiger partial charge in [-0.25, -0.2) is 4.98 Å². The van der Waals surface area contributed by atoms with Gasteiger partial charge in [-0.1, -0.05) is 72.8 Å². The van der Waals surface area contributed by atoms with Crippen molar-refractivity contribution in [2.75, 3.05) is 31.6 Å². The van der Waals surface area contributed by atoms with Crippen molar-refractivity contribution in [2.24, 2.45) is 0 Å². The molecule has 0 spiro atoms. The van der Waals surface area contributed by atoms with Gasteiger partial charge in [0.15, 0.2) is 5.16 Å². The summed E-state index contributed by atoms with van der Waals surface area (Å²) >= 11 is 8.38. The Balaban J connectivity index is 0.00000204. The molecular weight excluding hydrogens is 544 g/mol. The standard InChI is InChI=1S/C25H28ClN5S.3ClH/c1-3-31(17-19-9-5-4-6-10-19)16-15-30(2)23-13-14-27-22(24(23)26)18-32-25-28-20-11-7-8-12-21(20)29-25;;;/h4-14H,3,15-18H2,1-2H3,(H,28,29);3*1H. The number of aromatic amines is 1. The Bertz CT molecular complexity index is 1130. The lowest BCUT2D eigenvalue weighted by molar-refractivity contribution is 0.287. The van der Waals surface area contributed by atoms with Gasteiger partial charge in [0.1, 0.15) is 0 Å². The third-order valence-corrected chi connectivity index (χ3v) is 6.81. The van der Waals surface area contributed by atoms with Crippen LogP contribution in [0.25, 0.3) is 11.0 Å². The molecule has 0 saturated carbocycles. The molecule has 0 amide bonds. The molecule has 2 heterocycles. The number of nitrogens with zero attached hydrogens (tertiary/aromatic N) is 4. The van der Waals surface area contributed by atoms with Crippen LogP contribution in [0, 0.1) is 0 Å². The van der Waals surface area contributed by atoms with Crippen LogP contribution < -0.4 is 4.90 Å². The average Bonchev–Trinajstić information content (AvgIpc) is 3.24. The topological polar surface area (TPSA) is 48.1 Å². The van der Waals surface area contributed by atoms with Crippen LogP contribution in [0.5, 0.6) is 0 Å². The molecule has 190 valence electrons. The Hall–Kier alpha value is -1.67. The maximum atomic E-state index is 6.77. The lowest BCUT2D eigenvalue weighted by Crippen LogP contribution is -2.33. The van der Waals surface area contributed by atoms with Gasteiger partial charge in [-0.05, 0) is 30.3 Å². The van der Waals surface area contributed by atoms with Crippen LogP contribution in [-0.4, -0.2) is 46.5 Å². The van der Waals surface area contributed by atoms with Gasteiger partial charge in [-0.2, -0.15) is 0 Å². The molecule has 0 radical (unpaired) electrons. The first-order valence-electron chi connectivity index (χ1n) is 10.8. The van der Waals surface area contributed by atoms with Crippen molar-refractivity contribution in [1.29, 1.82) is 0 Å². The van der Waals surface area contributed by atoms with E-state index in [1.165, 1.54) is 5.56 Å². The summed E-state index contributed by atoms with van der Waals surface area (Å²) in [6, 6.07) is 20.6. The molecule has 0 fully saturated rings. The second-order valence-corrected chi connectivity index (χ2v) is 9.06. The van der Waals surface area contributed by atoms with E-state index in [0.29, 0.717) is 10.8 Å². The van der Waals surface area contributed by atoms with E-state index in [1.807, 2.05) is 36.5 Å². The van der Waals surface area contributed by atoms with Crippen molar-refractivity contribution in [3.05, 3.63) is 83.1 Å². The number of halogens is 4. The average molecular weight is 575 g/mol. The highest BCUT2D eigenvalue weighted by Crippen LogP contribution is 2.31. The molecule has 10 heteroatoms. The van der Waals surface area contributed by atoms with Crippen LogP contribution in [0.2, 0.25) is 5.02 Å². The minimum absolute atomic E-state index is 0. The highest BCUT2D eigenvalue weighted by atomic mass is 35.5. The van der Waals surface area contributed by atoms with Crippen molar-refractivity contribution in [3.8, 4) is 0 Å². The number of H-pyrrole nitrogens is 1. The molecule has 0 unspecified atom stereocenters. The number of thioether (sulfide) groups is 1. The Morgan fingerprint density at radius 2 is 1.66 bits per heavy atom. The number of pyridine rings is 1. The van der Waals surface area contributed by atoms with Gasteiger partial charge in [-0.15, -0.1) is 37.2 Å². The SMILES string of the molecule is CCN(CCN(C)c1ccnc(CSc2nc3ccccc3[nH]2)c1Cl)Cc1ccccc1.Cl.Cl.Cl. The van der Waals surface area contributed by atoms with Crippen molar-refractivity contribution in [1.82, 2.24) is 19.9 Å². The predicted octanol–water partition coefficient (Wildman–Crippen LogP) is 7.13. The van der Waals surface area contributed by atoms with Gasteiger partial charge in [0, 0.05) is 38.6 Å². The molecule has 2 aromatic heterocycles. The van der Waals surface area contributed by atoms with Crippen LogP contribution in [0.3, 0.4) is 0 Å². The van der Waals surface area contributed by atoms with Gasteiger partial charge in [0.2, 0.25) is 0 Å². The van der Waals surface area contributed by atoms with Crippen molar-refractivity contribution in [3.63, 3.8) is 0 Å². The van der Waals surface area contributed by atoms with Gasteiger partial charge in [0.25, 0.3) is 0 Å². The maximum Gasteiger partial charge on any atom is 0.166 e. The fourth-order valence-corrected chi connectivity index (χ4v) is 4.85. The van der Waals surface area contributed by atoms with E-state index < -0.39 is 0 Å². The number of hydrogen-bond donors (Lipinski definition) is 1. The Morgan fingerprint density at radius 1 is 0.943 bits per heavy atom. The van der Waals surface area contributed by atoms with Gasteiger partial charge in [0.05, 0.1) is 27.4 Å². The summed E-state index contributed by atoms with van der Waals surface area (Å²) in [7, 11) is 2.09. The molecule has 0 atom stereocenters. The molecule has 0 saturated heterocycles. The predicted molar refractivity (Wildman–Crippen MR) is 157 cm³/mol. The summed E-state index contributed by atoms with van der Waals surface area (Å²) in [4.78, 5) is 17.2. The number of hydrogen-bond acceptors (Lipinski definition) is 5. The normalized spacial score (nSPS) is 10.4. The molecule has 35 heavy (non-hydrogen) atoms. The van der Waals surface area contributed by atoms with E-state index in [1.54, 1.807) is 11.8 Å². The summed E-state index contributed by atoms with van der Waals surface area (Å²) in [5, 5.41) is 1.59. The smallest absolute Gasteiger partial charge is 0.166 e. The largest absolute Gasteiger partial charge is 0.372 e. The third-order valence-electron chi connectivity index (χ3n) is 5.51. The van der Waals surface area contributed by atoms with E-state index in [9.17, 15) is 0 Å². The summed E-state index contributed by atoms with van der Waals surface area (Å²) in [5.41, 5.74) is 5.23.